The Kier molecular flexibility index (Phi) is 3.89. The van der Waals surface area contributed by atoms with Crippen LogP contribution in [0.15, 0.2) is 4.99 Å². The zero-order chi connectivity index (χ0) is 8.91. The van der Waals surface area contributed by atoms with E-state index in [2.05, 4.69) is 10.3 Å². The molecule has 0 rings (SSSR count). The molecule has 11 heavy (non-hydrogen) atoms. The van der Waals surface area contributed by atoms with Crippen molar-refractivity contribution in [1.82, 2.24) is 5.32 Å². The molecule has 0 aromatic heterocycles. The number of nitrogens with two attached hydrogens (primary N) is 1. The second kappa shape index (κ2) is 4.18. The van der Waals surface area contributed by atoms with Gasteiger partial charge in [-0.25, -0.2) is 0 Å². The standard InChI is InChI=1S/C7H17N3O/c1-7(2,11)4-5-10-6(8)9-3/h11H,4-5H2,1-3H3,(H3,8,9,10). The predicted molar refractivity (Wildman–Crippen MR) is 46.5 cm³/mol. The predicted octanol–water partition coefficient (Wildman–Crippen LogP) is -0.318. The van der Waals surface area contributed by atoms with Crippen LogP contribution in [0.4, 0.5) is 0 Å². The van der Waals surface area contributed by atoms with E-state index in [1.807, 2.05) is 0 Å². The molecule has 0 radical (unpaired) electrons. The summed E-state index contributed by atoms with van der Waals surface area (Å²) in [4.78, 5) is 3.71. The summed E-state index contributed by atoms with van der Waals surface area (Å²) in [6.07, 6.45) is 0.656. The first-order valence-electron chi connectivity index (χ1n) is 3.64. The summed E-state index contributed by atoms with van der Waals surface area (Å²) in [7, 11) is 1.62. The van der Waals surface area contributed by atoms with Crippen molar-refractivity contribution >= 4 is 5.96 Å². The molecule has 0 aliphatic rings. The lowest BCUT2D eigenvalue weighted by Crippen LogP contribution is -2.35. The lowest BCUT2D eigenvalue weighted by atomic mass is 10.1. The van der Waals surface area contributed by atoms with Gasteiger partial charge in [0.15, 0.2) is 5.96 Å². The zero-order valence-corrected chi connectivity index (χ0v) is 7.39. The number of hydrogen-bond donors (Lipinski definition) is 3. The third kappa shape index (κ3) is 7.12. The Balaban J connectivity index is 3.43. The van der Waals surface area contributed by atoms with Gasteiger partial charge in [0.05, 0.1) is 5.60 Å². The molecule has 4 N–H and O–H groups in total. The fraction of sp³-hybridized carbons (Fsp3) is 0.857. The van der Waals surface area contributed by atoms with Gasteiger partial charge in [-0.2, -0.15) is 0 Å². The minimum atomic E-state index is -0.638. The summed E-state index contributed by atoms with van der Waals surface area (Å²) in [5.41, 5.74) is 4.72. The Labute approximate surface area is 67.5 Å². The summed E-state index contributed by atoms with van der Waals surface area (Å²) in [5, 5.41) is 12.1. The molecule has 66 valence electrons. The van der Waals surface area contributed by atoms with Crippen molar-refractivity contribution in [1.29, 1.82) is 0 Å². The number of nitrogens with zero attached hydrogens (tertiary/aromatic N) is 1. The number of hydrogen-bond acceptors (Lipinski definition) is 2. The highest BCUT2D eigenvalue weighted by atomic mass is 16.3. The van der Waals surface area contributed by atoms with Crippen LogP contribution in [0.25, 0.3) is 0 Å². The van der Waals surface area contributed by atoms with Gasteiger partial charge >= 0.3 is 0 Å². The maximum atomic E-state index is 9.28. The van der Waals surface area contributed by atoms with Crippen molar-refractivity contribution in [3.05, 3.63) is 0 Å². The molecule has 0 aromatic rings. The van der Waals surface area contributed by atoms with Gasteiger partial charge in [-0.05, 0) is 20.3 Å². The van der Waals surface area contributed by atoms with E-state index >= 15 is 0 Å². The quantitative estimate of drug-likeness (QED) is 0.390. The Morgan fingerprint density at radius 2 is 2.18 bits per heavy atom. The van der Waals surface area contributed by atoms with Gasteiger partial charge in [-0.1, -0.05) is 0 Å². The largest absolute Gasteiger partial charge is 0.390 e. The van der Waals surface area contributed by atoms with Crippen LogP contribution in [-0.4, -0.2) is 30.3 Å². The highest BCUT2D eigenvalue weighted by Crippen LogP contribution is 2.04. The Bertz CT molecular complexity index is 137. The van der Waals surface area contributed by atoms with E-state index in [0.717, 1.165) is 0 Å². The van der Waals surface area contributed by atoms with E-state index < -0.39 is 5.60 Å². The molecule has 0 heterocycles. The van der Waals surface area contributed by atoms with Crippen molar-refractivity contribution in [2.45, 2.75) is 25.9 Å². The van der Waals surface area contributed by atoms with Crippen molar-refractivity contribution in [2.24, 2.45) is 10.7 Å². The number of guanidine groups is 1. The lowest BCUT2D eigenvalue weighted by molar-refractivity contribution is 0.0725. The first-order chi connectivity index (χ1) is 4.95. The zero-order valence-electron chi connectivity index (χ0n) is 7.39. The maximum absolute atomic E-state index is 9.28. The second-order valence-corrected chi connectivity index (χ2v) is 3.10. The van der Waals surface area contributed by atoms with Gasteiger partial charge in [0.1, 0.15) is 0 Å². The Morgan fingerprint density at radius 3 is 2.55 bits per heavy atom. The SMILES string of the molecule is CN=C(N)NCCC(C)(C)O. The molecule has 0 saturated carbocycles. The third-order valence-electron chi connectivity index (χ3n) is 1.28. The van der Waals surface area contributed by atoms with E-state index in [4.69, 9.17) is 5.73 Å². The van der Waals surface area contributed by atoms with Crippen LogP contribution in [0.3, 0.4) is 0 Å². The Hall–Kier alpha value is -0.770. The smallest absolute Gasteiger partial charge is 0.188 e. The summed E-state index contributed by atoms with van der Waals surface area (Å²) < 4.78 is 0. The second-order valence-electron chi connectivity index (χ2n) is 3.10. The van der Waals surface area contributed by atoms with Crippen LogP contribution in [0.2, 0.25) is 0 Å². The summed E-state index contributed by atoms with van der Waals surface area (Å²) in [6, 6.07) is 0. The number of aliphatic hydroxyl groups is 1. The van der Waals surface area contributed by atoms with Gasteiger partial charge in [0.2, 0.25) is 0 Å². The molecule has 0 fully saturated rings. The van der Waals surface area contributed by atoms with Gasteiger partial charge in [0, 0.05) is 13.6 Å². The summed E-state index contributed by atoms with van der Waals surface area (Å²) >= 11 is 0. The molecule has 0 aromatic carbocycles. The van der Waals surface area contributed by atoms with Crippen molar-refractivity contribution in [2.75, 3.05) is 13.6 Å². The number of aliphatic imine (C=N–C) groups is 1. The molecule has 0 bridgehead atoms. The van der Waals surface area contributed by atoms with Crippen LogP contribution >= 0.6 is 0 Å². The third-order valence-corrected chi connectivity index (χ3v) is 1.28. The first-order valence-corrected chi connectivity index (χ1v) is 3.64. The topological polar surface area (TPSA) is 70.6 Å². The highest BCUT2D eigenvalue weighted by molar-refractivity contribution is 5.77. The summed E-state index contributed by atoms with van der Waals surface area (Å²) in [6.45, 7) is 4.16. The van der Waals surface area contributed by atoms with Crippen LogP contribution in [0.1, 0.15) is 20.3 Å². The van der Waals surface area contributed by atoms with E-state index in [1.54, 1.807) is 20.9 Å². The van der Waals surface area contributed by atoms with Crippen LogP contribution in [0, 0.1) is 0 Å². The van der Waals surface area contributed by atoms with Gasteiger partial charge in [0.25, 0.3) is 0 Å². The van der Waals surface area contributed by atoms with E-state index in [0.29, 0.717) is 18.9 Å². The van der Waals surface area contributed by atoms with Crippen LogP contribution in [-0.2, 0) is 0 Å². The fourth-order valence-corrected chi connectivity index (χ4v) is 0.576. The van der Waals surface area contributed by atoms with Gasteiger partial charge in [-0.15, -0.1) is 0 Å². The van der Waals surface area contributed by atoms with E-state index in [1.165, 1.54) is 0 Å². The average Bonchev–Trinajstić information content (AvgIpc) is 1.85. The minimum Gasteiger partial charge on any atom is -0.390 e. The molecule has 0 unspecified atom stereocenters. The molecule has 0 amide bonds. The Morgan fingerprint density at radius 1 is 1.64 bits per heavy atom. The minimum absolute atomic E-state index is 0.411. The maximum Gasteiger partial charge on any atom is 0.188 e. The molecule has 4 nitrogen and oxygen atoms in total. The normalized spacial score (nSPS) is 13.3. The van der Waals surface area contributed by atoms with Gasteiger partial charge < -0.3 is 16.2 Å². The molecular formula is C7H17N3O. The van der Waals surface area contributed by atoms with Crippen molar-refractivity contribution in [3.63, 3.8) is 0 Å². The van der Waals surface area contributed by atoms with Crippen LogP contribution < -0.4 is 11.1 Å². The molecule has 4 heteroatoms. The molecule has 0 atom stereocenters. The summed E-state index contributed by atoms with van der Waals surface area (Å²) in [5.74, 6) is 0.411. The average molecular weight is 159 g/mol. The molecular weight excluding hydrogens is 142 g/mol. The van der Waals surface area contributed by atoms with Gasteiger partial charge in [-0.3, -0.25) is 4.99 Å². The molecule has 0 aliphatic carbocycles. The number of nitrogens with one attached hydrogen (secondary N) is 1. The highest BCUT2D eigenvalue weighted by Gasteiger charge is 2.10. The first kappa shape index (κ1) is 10.2. The number of rotatable bonds is 3. The molecule has 0 aliphatic heterocycles. The molecule has 0 spiro atoms. The van der Waals surface area contributed by atoms with E-state index in [-0.39, 0.29) is 0 Å². The fourth-order valence-electron chi connectivity index (χ4n) is 0.576. The lowest BCUT2D eigenvalue weighted by Gasteiger charge is -2.16. The van der Waals surface area contributed by atoms with E-state index in [9.17, 15) is 5.11 Å². The molecule has 0 saturated heterocycles. The van der Waals surface area contributed by atoms with Crippen LogP contribution in [0.5, 0.6) is 0 Å². The van der Waals surface area contributed by atoms with Crippen molar-refractivity contribution < 1.29 is 5.11 Å². The monoisotopic (exact) mass is 159 g/mol. The van der Waals surface area contributed by atoms with Crippen molar-refractivity contribution in [3.8, 4) is 0 Å².